The van der Waals surface area contributed by atoms with Crippen LogP contribution in [0.15, 0.2) is 55.1 Å². The smallest absolute Gasteiger partial charge is 0.337 e. The zero-order chi connectivity index (χ0) is 11.1. The van der Waals surface area contributed by atoms with E-state index < -0.39 is 5.97 Å². The van der Waals surface area contributed by atoms with Crippen molar-refractivity contribution in [2.45, 2.75) is 13.5 Å². The average molecular weight is 204 g/mol. The summed E-state index contributed by atoms with van der Waals surface area (Å²) in [5.41, 5.74) is 0.395. The minimum absolute atomic E-state index is 0.395. The number of pyridine rings is 1. The molecule has 1 aromatic rings. The Balaban J connectivity index is 2.35. The molecule has 0 fully saturated rings. The van der Waals surface area contributed by atoms with E-state index in [4.69, 9.17) is 4.74 Å². The van der Waals surface area contributed by atoms with Crippen molar-refractivity contribution < 1.29 is 14.1 Å². The lowest BCUT2D eigenvalue weighted by atomic mass is 10.4. The summed E-state index contributed by atoms with van der Waals surface area (Å²) in [4.78, 5) is 11.0. The third kappa shape index (κ3) is 4.22. The molecule has 1 heterocycles. The summed E-state index contributed by atoms with van der Waals surface area (Å²) in [5, 5.41) is 0. The molecule has 0 saturated heterocycles. The summed E-state index contributed by atoms with van der Waals surface area (Å²) in [6, 6.07) is 5.82. The third-order valence-electron chi connectivity index (χ3n) is 1.71. The molecule has 78 valence electrons. The van der Waals surface area contributed by atoms with Crippen LogP contribution in [0.2, 0.25) is 0 Å². The number of rotatable bonds is 4. The minimum atomic E-state index is -0.399. The first-order valence-corrected chi connectivity index (χ1v) is 4.66. The summed E-state index contributed by atoms with van der Waals surface area (Å²) in [6.45, 7) is 5.76. The van der Waals surface area contributed by atoms with Crippen LogP contribution in [0, 0.1) is 0 Å². The van der Waals surface area contributed by atoms with E-state index in [1.165, 1.54) is 6.26 Å². The number of allylic oxidation sites excluding steroid dienone is 1. The Morgan fingerprint density at radius 1 is 1.40 bits per heavy atom. The Bertz CT molecular complexity index is 368. The lowest BCUT2D eigenvalue weighted by Gasteiger charge is -1.95. The monoisotopic (exact) mass is 204 g/mol. The van der Waals surface area contributed by atoms with Gasteiger partial charge in [-0.3, -0.25) is 0 Å². The predicted octanol–water partition coefficient (Wildman–Crippen LogP) is 1.61. The molecule has 0 bridgehead atoms. The molecule has 1 aromatic heterocycles. The van der Waals surface area contributed by atoms with Gasteiger partial charge in [0.1, 0.15) is 0 Å². The molecule has 0 atom stereocenters. The van der Waals surface area contributed by atoms with Crippen molar-refractivity contribution in [1.29, 1.82) is 0 Å². The highest BCUT2D eigenvalue weighted by Gasteiger charge is 1.99. The number of aromatic nitrogens is 1. The van der Waals surface area contributed by atoms with Crippen LogP contribution < -0.4 is 4.57 Å². The summed E-state index contributed by atoms with van der Waals surface area (Å²) >= 11 is 0. The molecule has 0 aromatic carbocycles. The number of esters is 1. The molecule has 0 N–H and O–H groups in total. The Labute approximate surface area is 89.3 Å². The highest BCUT2D eigenvalue weighted by molar-refractivity contribution is 5.87. The fourth-order valence-corrected chi connectivity index (χ4v) is 0.931. The number of carbonyl (C=O) groups excluding carboxylic acids is 1. The van der Waals surface area contributed by atoms with Gasteiger partial charge in [0.25, 0.3) is 0 Å². The number of hydrogen-bond donors (Lipinski definition) is 0. The van der Waals surface area contributed by atoms with Gasteiger partial charge >= 0.3 is 5.97 Å². The fourth-order valence-electron chi connectivity index (χ4n) is 0.931. The van der Waals surface area contributed by atoms with E-state index in [0.717, 1.165) is 0 Å². The van der Waals surface area contributed by atoms with Gasteiger partial charge in [-0.1, -0.05) is 12.6 Å². The third-order valence-corrected chi connectivity index (χ3v) is 1.71. The fraction of sp³-hybridized carbons (Fsp3) is 0.167. The molecular formula is C12H14NO2+. The second-order valence-corrected chi connectivity index (χ2v) is 3.13. The number of carbonyl (C=O) groups is 1. The molecule has 3 nitrogen and oxygen atoms in total. The van der Waals surface area contributed by atoms with Crippen molar-refractivity contribution in [3.05, 3.63) is 55.1 Å². The van der Waals surface area contributed by atoms with Crippen LogP contribution in [0.25, 0.3) is 0 Å². The maximum Gasteiger partial charge on any atom is 0.337 e. The average Bonchev–Trinajstić information content (AvgIpc) is 2.25. The van der Waals surface area contributed by atoms with Gasteiger partial charge in [0.15, 0.2) is 18.9 Å². The first-order valence-electron chi connectivity index (χ1n) is 4.66. The van der Waals surface area contributed by atoms with Crippen LogP contribution in [0.3, 0.4) is 0 Å². The van der Waals surface area contributed by atoms with Crippen LogP contribution in [0.1, 0.15) is 6.92 Å². The lowest BCUT2D eigenvalue weighted by Crippen LogP contribution is -2.30. The standard InChI is InChI=1S/C12H14NO2/c1-11(2)12(14)15-10-6-9-13-7-4-3-5-8-13/h3-8,10H,1,9H2,2H3/q+1. The van der Waals surface area contributed by atoms with E-state index in [2.05, 4.69) is 6.58 Å². The van der Waals surface area contributed by atoms with E-state index in [1.807, 2.05) is 35.2 Å². The summed E-state index contributed by atoms with van der Waals surface area (Å²) in [6.07, 6.45) is 7.02. The van der Waals surface area contributed by atoms with Crippen LogP contribution in [-0.4, -0.2) is 5.97 Å². The molecule has 15 heavy (non-hydrogen) atoms. The zero-order valence-corrected chi connectivity index (χ0v) is 8.72. The van der Waals surface area contributed by atoms with Gasteiger partial charge in [-0.2, -0.15) is 0 Å². The summed E-state index contributed by atoms with van der Waals surface area (Å²) in [5.74, 6) is -0.399. The van der Waals surface area contributed by atoms with E-state index in [0.29, 0.717) is 12.1 Å². The van der Waals surface area contributed by atoms with Crippen molar-refractivity contribution in [2.75, 3.05) is 0 Å². The van der Waals surface area contributed by atoms with Crippen molar-refractivity contribution in [1.82, 2.24) is 0 Å². The van der Waals surface area contributed by atoms with Crippen molar-refractivity contribution in [3.63, 3.8) is 0 Å². The van der Waals surface area contributed by atoms with Crippen LogP contribution in [0.4, 0.5) is 0 Å². The van der Waals surface area contributed by atoms with Crippen molar-refractivity contribution in [3.8, 4) is 0 Å². The van der Waals surface area contributed by atoms with Crippen molar-refractivity contribution >= 4 is 5.97 Å². The minimum Gasteiger partial charge on any atom is -0.431 e. The van der Waals surface area contributed by atoms with E-state index >= 15 is 0 Å². The zero-order valence-electron chi connectivity index (χ0n) is 8.72. The summed E-state index contributed by atoms with van der Waals surface area (Å²) in [7, 11) is 0. The molecule has 0 unspecified atom stereocenters. The highest BCUT2D eigenvalue weighted by atomic mass is 16.5. The second-order valence-electron chi connectivity index (χ2n) is 3.13. The van der Waals surface area contributed by atoms with Crippen LogP contribution >= 0.6 is 0 Å². The largest absolute Gasteiger partial charge is 0.431 e. The Morgan fingerprint density at radius 2 is 2.07 bits per heavy atom. The predicted molar refractivity (Wildman–Crippen MR) is 56.7 cm³/mol. The lowest BCUT2D eigenvalue weighted by molar-refractivity contribution is -0.687. The number of ether oxygens (including phenoxy) is 1. The van der Waals surface area contributed by atoms with Gasteiger partial charge in [-0.25, -0.2) is 9.36 Å². The number of nitrogens with zero attached hydrogens (tertiary/aromatic N) is 1. The summed E-state index contributed by atoms with van der Waals surface area (Å²) < 4.78 is 6.76. The Morgan fingerprint density at radius 3 is 2.67 bits per heavy atom. The maximum atomic E-state index is 11.0. The van der Waals surface area contributed by atoms with Gasteiger partial charge in [-0.15, -0.1) is 0 Å². The van der Waals surface area contributed by atoms with E-state index in [1.54, 1.807) is 13.0 Å². The molecule has 1 rings (SSSR count). The maximum absolute atomic E-state index is 11.0. The van der Waals surface area contributed by atoms with Gasteiger partial charge in [-0.05, 0) is 6.92 Å². The molecule has 0 aliphatic heterocycles. The highest BCUT2D eigenvalue weighted by Crippen LogP contribution is 1.92. The van der Waals surface area contributed by atoms with Crippen LogP contribution in [-0.2, 0) is 16.1 Å². The SMILES string of the molecule is C=C(C)C(=O)OC=CC[n+]1ccccc1. The molecule has 0 spiro atoms. The second kappa shape index (κ2) is 5.75. The number of hydrogen-bond acceptors (Lipinski definition) is 2. The topological polar surface area (TPSA) is 30.2 Å². The van der Waals surface area contributed by atoms with Crippen molar-refractivity contribution in [2.24, 2.45) is 0 Å². The first-order chi connectivity index (χ1) is 7.20. The normalized spacial score (nSPS) is 10.2. The molecule has 0 saturated carbocycles. The molecule has 0 aliphatic carbocycles. The van der Waals surface area contributed by atoms with Gasteiger partial charge in [0, 0.05) is 23.8 Å². The van der Waals surface area contributed by atoms with Gasteiger partial charge in [0.2, 0.25) is 0 Å². The van der Waals surface area contributed by atoms with E-state index in [9.17, 15) is 4.79 Å². The Kier molecular flexibility index (Phi) is 4.29. The first kappa shape index (κ1) is 11.2. The van der Waals surface area contributed by atoms with E-state index in [-0.39, 0.29) is 0 Å². The molecule has 0 aliphatic rings. The quantitative estimate of drug-likeness (QED) is 0.323. The Hall–Kier alpha value is -1.90. The molecular weight excluding hydrogens is 190 g/mol. The van der Waals surface area contributed by atoms with Crippen LogP contribution in [0.5, 0.6) is 0 Å². The molecule has 3 heteroatoms. The molecule has 0 radical (unpaired) electrons. The van der Waals surface area contributed by atoms with Gasteiger partial charge in [0.05, 0.1) is 6.26 Å². The van der Waals surface area contributed by atoms with Gasteiger partial charge < -0.3 is 4.74 Å². The molecule has 0 amide bonds.